The van der Waals surface area contributed by atoms with E-state index in [-0.39, 0.29) is 5.97 Å². The lowest BCUT2D eigenvalue weighted by molar-refractivity contribution is 0.0601. The maximum atomic E-state index is 11.6. The molecule has 1 fully saturated rings. The predicted molar refractivity (Wildman–Crippen MR) is 77.4 cm³/mol. The number of nitrogen functional groups attached to an aromatic ring is 1. The smallest absolute Gasteiger partial charge is 0.337 e. The first kappa shape index (κ1) is 13.7. The molecule has 2 unspecified atom stereocenters. The number of methoxy groups -OCH3 is 1. The molecule has 104 valence electrons. The average molecular weight is 262 g/mol. The molecule has 0 amide bonds. The van der Waals surface area contributed by atoms with Gasteiger partial charge in [0, 0.05) is 13.1 Å². The third kappa shape index (κ3) is 2.83. The van der Waals surface area contributed by atoms with E-state index in [2.05, 4.69) is 18.7 Å². The molecule has 0 spiro atoms. The summed E-state index contributed by atoms with van der Waals surface area (Å²) >= 11 is 0. The second-order valence-electron chi connectivity index (χ2n) is 5.45. The maximum Gasteiger partial charge on any atom is 0.337 e. The summed E-state index contributed by atoms with van der Waals surface area (Å²) in [5.41, 5.74) is 8.26. The SMILES string of the molecule is COC(=O)c1ccc(N)c(N2CCC(C)C(C)C2)c1. The van der Waals surface area contributed by atoms with Gasteiger partial charge in [0.25, 0.3) is 0 Å². The van der Waals surface area contributed by atoms with Crippen LogP contribution in [0.25, 0.3) is 0 Å². The Morgan fingerprint density at radius 3 is 2.74 bits per heavy atom. The zero-order chi connectivity index (χ0) is 14.0. The van der Waals surface area contributed by atoms with Gasteiger partial charge in [0.15, 0.2) is 0 Å². The van der Waals surface area contributed by atoms with E-state index in [0.717, 1.165) is 36.8 Å². The number of carbonyl (C=O) groups is 1. The third-order valence-electron chi connectivity index (χ3n) is 4.13. The molecule has 1 aliphatic heterocycles. The summed E-state index contributed by atoms with van der Waals surface area (Å²) in [5.74, 6) is 1.05. The molecule has 0 aromatic heterocycles. The number of nitrogens with two attached hydrogens (primary N) is 1. The number of benzene rings is 1. The number of esters is 1. The van der Waals surface area contributed by atoms with Gasteiger partial charge >= 0.3 is 5.97 Å². The van der Waals surface area contributed by atoms with Crippen molar-refractivity contribution in [3.05, 3.63) is 23.8 Å². The predicted octanol–water partition coefficient (Wildman–Crippen LogP) is 2.54. The molecule has 0 aliphatic carbocycles. The molecular weight excluding hydrogens is 240 g/mol. The van der Waals surface area contributed by atoms with Crippen molar-refractivity contribution in [1.29, 1.82) is 0 Å². The monoisotopic (exact) mass is 262 g/mol. The van der Waals surface area contributed by atoms with Gasteiger partial charge < -0.3 is 15.4 Å². The van der Waals surface area contributed by atoms with Gasteiger partial charge in [-0.3, -0.25) is 0 Å². The van der Waals surface area contributed by atoms with E-state index in [1.54, 1.807) is 12.1 Å². The Morgan fingerprint density at radius 2 is 2.11 bits per heavy atom. The van der Waals surface area contributed by atoms with Gasteiger partial charge in [-0.1, -0.05) is 13.8 Å². The molecule has 4 heteroatoms. The molecule has 2 N–H and O–H groups in total. The summed E-state index contributed by atoms with van der Waals surface area (Å²) in [6, 6.07) is 5.33. The van der Waals surface area contributed by atoms with Crippen molar-refractivity contribution < 1.29 is 9.53 Å². The molecule has 1 aromatic carbocycles. The van der Waals surface area contributed by atoms with Crippen molar-refractivity contribution in [3.63, 3.8) is 0 Å². The molecule has 0 radical (unpaired) electrons. The minimum absolute atomic E-state index is 0.320. The van der Waals surface area contributed by atoms with E-state index in [9.17, 15) is 4.79 Å². The zero-order valence-corrected chi connectivity index (χ0v) is 11.8. The molecule has 1 aromatic rings. The fourth-order valence-corrected chi connectivity index (χ4v) is 2.54. The van der Waals surface area contributed by atoms with Gasteiger partial charge in [0.2, 0.25) is 0 Å². The van der Waals surface area contributed by atoms with Gasteiger partial charge in [-0.25, -0.2) is 4.79 Å². The number of ether oxygens (including phenoxy) is 1. The summed E-state index contributed by atoms with van der Waals surface area (Å²) in [7, 11) is 1.39. The van der Waals surface area contributed by atoms with E-state index in [4.69, 9.17) is 10.5 Å². The van der Waals surface area contributed by atoms with Crippen LogP contribution in [0.5, 0.6) is 0 Å². The lowest BCUT2D eigenvalue weighted by Gasteiger charge is -2.37. The highest BCUT2D eigenvalue weighted by molar-refractivity contribution is 5.92. The lowest BCUT2D eigenvalue weighted by Crippen LogP contribution is -2.38. The first-order valence-electron chi connectivity index (χ1n) is 6.75. The van der Waals surface area contributed by atoms with Crippen LogP contribution in [0.15, 0.2) is 18.2 Å². The van der Waals surface area contributed by atoms with Crippen LogP contribution >= 0.6 is 0 Å². The normalized spacial score (nSPS) is 23.2. The minimum atomic E-state index is -0.320. The Kier molecular flexibility index (Phi) is 3.98. The highest BCUT2D eigenvalue weighted by atomic mass is 16.5. The van der Waals surface area contributed by atoms with Crippen LogP contribution in [0.4, 0.5) is 11.4 Å². The quantitative estimate of drug-likeness (QED) is 0.657. The van der Waals surface area contributed by atoms with Crippen molar-refractivity contribution in [2.24, 2.45) is 11.8 Å². The summed E-state index contributed by atoms with van der Waals surface area (Å²) in [5, 5.41) is 0. The number of nitrogens with zero attached hydrogens (tertiary/aromatic N) is 1. The molecule has 2 rings (SSSR count). The molecule has 0 saturated carbocycles. The third-order valence-corrected chi connectivity index (χ3v) is 4.13. The second kappa shape index (κ2) is 5.51. The number of hydrogen-bond acceptors (Lipinski definition) is 4. The molecule has 19 heavy (non-hydrogen) atoms. The topological polar surface area (TPSA) is 55.6 Å². The van der Waals surface area contributed by atoms with Crippen molar-refractivity contribution in [3.8, 4) is 0 Å². The molecule has 1 heterocycles. The van der Waals surface area contributed by atoms with Crippen LogP contribution in [0.2, 0.25) is 0 Å². The maximum absolute atomic E-state index is 11.6. The zero-order valence-electron chi connectivity index (χ0n) is 11.8. The second-order valence-corrected chi connectivity index (χ2v) is 5.45. The lowest BCUT2D eigenvalue weighted by atomic mass is 9.88. The minimum Gasteiger partial charge on any atom is -0.465 e. The molecule has 1 saturated heterocycles. The molecule has 0 bridgehead atoms. The largest absolute Gasteiger partial charge is 0.465 e. The first-order valence-corrected chi connectivity index (χ1v) is 6.75. The van der Waals surface area contributed by atoms with E-state index >= 15 is 0 Å². The van der Waals surface area contributed by atoms with Gasteiger partial charge in [-0.2, -0.15) is 0 Å². The van der Waals surface area contributed by atoms with Crippen LogP contribution in [0.1, 0.15) is 30.6 Å². The Morgan fingerprint density at radius 1 is 1.37 bits per heavy atom. The Hall–Kier alpha value is -1.71. The van der Waals surface area contributed by atoms with Crippen LogP contribution < -0.4 is 10.6 Å². The van der Waals surface area contributed by atoms with Crippen molar-refractivity contribution in [1.82, 2.24) is 0 Å². The molecule has 2 atom stereocenters. The summed E-state index contributed by atoms with van der Waals surface area (Å²) < 4.78 is 4.76. The average Bonchev–Trinajstić information content (AvgIpc) is 2.41. The van der Waals surface area contributed by atoms with Gasteiger partial charge in [-0.05, 0) is 36.5 Å². The van der Waals surface area contributed by atoms with Crippen molar-refractivity contribution >= 4 is 17.3 Å². The number of rotatable bonds is 2. The van der Waals surface area contributed by atoms with Crippen LogP contribution in [-0.2, 0) is 4.74 Å². The highest BCUT2D eigenvalue weighted by Gasteiger charge is 2.24. The van der Waals surface area contributed by atoms with Gasteiger partial charge in [-0.15, -0.1) is 0 Å². The highest BCUT2D eigenvalue weighted by Crippen LogP contribution is 2.31. The molecule has 4 nitrogen and oxygen atoms in total. The fourth-order valence-electron chi connectivity index (χ4n) is 2.54. The first-order chi connectivity index (χ1) is 9.02. The number of piperidine rings is 1. The number of anilines is 2. The Balaban J connectivity index is 2.26. The van der Waals surface area contributed by atoms with E-state index < -0.39 is 0 Å². The van der Waals surface area contributed by atoms with E-state index in [1.807, 2.05) is 6.07 Å². The summed E-state index contributed by atoms with van der Waals surface area (Å²) in [4.78, 5) is 13.9. The van der Waals surface area contributed by atoms with E-state index in [0.29, 0.717) is 11.5 Å². The molecule has 1 aliphatic rings. The fraction of sp³-hybridized carbons (Fsp3) is 0.533. The van der Waals surface area contributed by atoms with Crippen LogP contribution in [-0.4, -0.2) is 26.2 Å². The van der Waals surface area contributed by atoms with Crippen LogP contribution in [0.3, 0.4) is 0 Å². The van der Waals surface area contributed by atoms with Gasteiger partial charge in [0.05, 0.1) is 24.0 Å². The van der Waals surface area contributed by atoms with Crippen molar-refractivity contribution in [2.75, 3.05) is 30.8 Å². The Labute approximate surface area is 114 Å². The van der Waals surface area contributed by atoms with Crippen LogP contribution in [0, 0.1) is 11.8 Å². The standard InChI is InChI=1S/C15H22N2O2/c1-10-6-7-17(9-11(10)2)14-8-12(15(18)19-3)4-5-13(14)16/h4-5,8,10-11H,6-7,9,16H2,1-3H3. The number of hydrogen-bond donors (Lipinski definition) is 1. The Bertz CT molecular complexity index is 473. The van der Waals surface area contributed by atoms with Crippen molar-refractivity contribution in [2.45, 2.75) is 20.3 Å². The number of carbonyl (C=O) groups excluding carboxylic acids is 1. The van der Waals surface area contributed by atoms with E-state index in [1.165, 1.54) is 7.11 Å². The summed E-state index contributed by atoms with van der Waals surface area (Å²) in [6.45, 7) is 6.52. The summed E-state index contributed by atoms with van der Waals surface area (Å²) in [6.07, 6.45) is 1.16. The molecular formula is C15H22N2O2. The van der Waals surface area contributed by atoms with Gasteiger partial charge in [0.1, 0.15) is 0 Å².